The highest BCUT2D eigenvalue weighted by atomic mass is 16.3. The Morgan fingerprint density at radius 2 is 2.31 bits per heavy atom. The summed E-state index contributed by atoms with van der Waals surface area (Å²) < 4.78 is 0. The van der Waals surface area contributed by atoms with Crippen molar-refractivity contribution in [2.75, 3.05) is 13.1 Å². The highest BCUT2D eigenvalue weighted by Gasteiger charge is 2.29. The summed E-state index contributed by atoms with van der Waals surface area (Å²) >= 11 is 0. The van der Waals surface area contributed by atoms with E-state index < -0.39 is 0 Å². The van der Waals surface area contributed by atoms with Gasteiger partial charge < -0.3 is 16.2 Å². The predicted octanol–water partition coefficient (Wildman–Crippen LogP) is 1.49. The normalized spacial score (nSPS) is 24.9. The molecular weight excluding hydrogens is 200 g/mol. The van der Waals surface area contributed by atoms with Crippen molar-refractivity contribution in [1.29, 1.82) is 0 Å². The summed E-state index contributed by atoms with van der Waals surface area (Å²) in [5, 5.41) is 13.4. The van der Waals surface area contributed by atoms with Crippen molar-refractivity contribution in [3.63, 3.8) is 0 Å². The summed E-state index contributed by atoms with van der Waals surface area (Å²) in [6, 6.07) is 6.37. The highest BCUT2D eigenvalue weighted by Crippen LogP contribution is 2.35. The molecule has 16 heavy (non-hydrogen) atoms. The van der Waals surface area contributed by atoms with Gasteiger partial charge >= 0.3 is 0 Å². The monoisotopic (exact) mass is 220 g/mol. The molecule has 2 rings (SSSR count). The number of phenolic OH excluding ortho intramolecular Hbond substituents is 1. The van der Waals surface area contributed by atoms with E-state index >= 15 is 0 Å². The van der Waals surface area contributed by atoms with Crippen LogP contribution in [0.2, 0.25) is 0 Å². The van der Waals surface area contributed by atoms with E-state index in [1.54, 1.807) is 0 Å². The standard InChI is InChI=1S/C13H20N2O/c1-9-2-3-11(13(16)8-9)10-5-7-15-12(10)4-6-14/h2-3,8,10,12,15-16H,4-7,14H2,1H3. The van der Waals surface area contributed by atoms with Gasteiger partial charge in [0.1, 0.15) is 5.75 Å². The number of aryl methyl sites for hydroxylation is 1. The van der Waals surface area contributed by atoms with Crippen molar-refractivity contribution in [3.05, 3.63) is 29.3 Å². The molecule has 88 valence electrons. The number of nitrogens with one attached hydrogen (secondary N) is 1. The second-order valence-electron chi connectivity index (χ2n) is 4.60. The van der Waals surface area contributed by atoms with E-state index in [0.717, 1.165) is 30.5 Å². The van der Waals surface area contributed by atoms with Crippen molar-refractivity contribution in [2.45, 2.75) is 31.7 Å². The molecule has 1 saturated heterocycles. The fraction of sp³-hybridized carbons (Fsp3) is 0.538. The largest absolute Gasteiger partial charge is 0.508 e. The van der Waals surface area contributed by atoms with E-state index in [1.807, 2.05) is 19.1 Å². The average molecular weight is 220 g/mol. The van der Waals surface area contributed by atoms with Crippen molar-refractivity contribution in [2.24, 2.45) is 5.73 Å². The number of hydrogen-bond acceptors (Lipinski definition) is 3. The van der Waals surface area contributed by atoms with E-state index in [1.165, 1.54) is 0 Å². The Balaban J connectivity index is 2.22. The van der Waals surface area contributed by atoms with Crippen LogP contribution in [0.3, 0.4) is 0 Å². The summed E-state index contributed by atoms with van der Waals surface area (Å²) in [7, 11) is 0. The maximum atomic E-state index is 9.98. The first-order valence-electron chi connectivity index (χ1n) is 5.95. The summed E-state index contributed by atoms with van der Waals surface area (Å²) in [6.07, 6.45) is 2.05. The average Bonchev–Trinajstić information content (AvgIpc) is 2.67. The Hall–Kier alpha value is -1.06. The zero-order valence-electron chi connectivity index (χ0n) is 9.74. The number of hydrogen-bond donors (Lipinski definition) is 3. The molecule has 1 aromatic rings. The summed E-state index contributed by atoms with van der Waals surface area (Å²) in [4.78, 5) is 0. The summed E-state index contributed by atoms with van der Waals surface area (Å²) in [5.41, 5.74) is 7.77. The Labute approximate surface area is 96.7 Å². The van der Waals surface area contributed by atoms with Gasteiger partial charge in [-0.15, -0.1) is 0 Å². The van der Waals surface area contributed by atoms with E-state index in [0.29, 0.717) is 24.3 Å². The molecule has 1 aromatic carbocycles. The molecule has 0 bridgehead atoms. The van der Waals surface area contributed by atoms with Crippen LogP contribution in [0, 0.1) is 6.92 Å². The first-order chi connectivity index (χ1) is 7.72. The molecule has 1 aliphatic rings. The third-order valence-corrected chi connectivity index (χ3v) is 3.41. The van der Waals surface area contributed by atoms with E-state index in [9.17, 15) is 5.11 Å². The number of nitrogens with two attached hydrogens (primary N) is 1. The van der Waals surface area contributed by atoms with Gasteiger partial charge in [-0.25, -0.2) is 0 Å². The molecule has 3 nitrogen and oxygen atoms in total. The number of aromatic hydroxyl groups is 1. The molecule has 0 spiro atoms. The lowest BCUT2D eigenvalue weighted by Crippen LogP contribution is -2.28. The molecule has 2 atom stereocenters. The zero-order valence-corrected chi connectivity index (χ0v) is 9.74. The molecule has 0 radical (unpaired) electrons. The minimum atomic E-state index is 0.407. The van der Waals surface area contributed by atoms with Gasteiger partial charge in [-0.2, -0.15) is 0 Å². The van der Waals surface area contributed by atoms with Crippen LogP contribution in [0.4, 0.5) is 0 Å². The molecule has 0 aliphatic carbocycles. The third-order valence-electron chi connectivity index (χ3n) is 3.41. The van der Waals surface area contributed by atoms with Crippen LogP contribution in [0.5, 0.6) is 5.75 Å². The topological polar surface area (TPSA) is 58.3 Å². The maximum absolute atomic E-state index is 9.98. The molecule has 1 aliphatic heterocycles. The van der Waals surface area contributed by atoms with Crippen LogP contribution in [0.25, 0.3) is 0 Å². The third kappa shape index (κ3) is 2.20. The predicted molar refractivity (Wildman–Crippen MR) is 65.7 cm³/mol. The number of benzene rings is 1. The van der Waals surface area contributed by atoms with Crippen molar-refractivity contribution in [1.82, 2.24) is 5.32 Å². The van der Waals surface area contributed by atoms with Crippen LogP contribution < -0.4 is 11.1 Å². The SMILES string of the molecule is Cc1ccc(C2CCNC2CCN)c(O)c1. The fourth-order valence-electron chi connectivity index (χ4n) is 2.59. The first-order valence-corrected chi connectivity index (χ1v) is 5.95. The van der Waals surface area contributed by atoms with Crippen LogP contribution in [0.15, 0.2) is 18.2 Å². The Morgan fingerprint density at radius 3 is 3.00 bits per heavy atom. The lowest BCUT2D eigenvalue weighted by molar-refractivity contribution is 0.446. The van der Waals surface area contributed by atoms with Gasteiger partial charge in [-0.1, -0.05) is 12.1 Å². The second-order valence-corrected chi connectivity index (χ2v) is 4.60. The minimum absolute atomic E-state index is 0.407. The minimum Gasteiger partial charge on any atom is -0.508 e. The van der Waals surface area contributed by atoms with Gasteiger partial charge in [0.05, 0.1) is 0 Å². The zero-order chi connectivity index (χ0) is 11.5. The molecule has 1 fully saturated rings. The Morgan fingerprint density at radius 1 is 1.50 bits per heavy atom. The van der Waals surface area contributed by atoms with Crippen LogP contribution in [-0.4, -0.2) is 24.2 Å². The molecule has 0 amide bonds. The molecule has 4 N–H and O–H groups in total. The summed E-state index contributed by atoms with van der Waals surface area (Å²) in [6.45, 7) is 3.71. The van der Waals surface area contributed by atoms with Gasteiger partial charge in [0.25, 0.3) is 0 Å². The van der Waals surface area contributed by atoms with Crippen LogP contribution in [0.1, 0.15) is 29.9 Å². The Kier molecular flexibility index (Phi) is 3.46. The van der Waals surface area contributed by atoms with Crippen molar-refractivity contribution < 1.29 is 5.11 Å². The maximum Gasteiger partial charge on any atom is 0.119 e. The van der Waals surface area contributed by atoms with Gasteiger partial charge in [0, 0.05) is 12.0 Å². The molecule has 0 saturated carbocycles. The quantitative estimate of drug-likeness (QED) is 0.723. The summed E-state index contributed by atoms with van der Waals surface area (Å²) in [5.74, 6) is 0.833. The van der Waals surface area contributed by atoms with Crippen molar-refractivity contribution in [3.8, 4) is 5.75 Å². The smallest absolute Gasteiger partial charge is 0.119 e. The van der Waals surface area contributed by atoms with Gasteiger partial charge in [-0.3, -0.25) is 0 Å². The second kappa shape index (κ2) is 4.85. The van der Waals surface area contributed by atoms with Crippen molar-refractivity contribution >= 4 is 0 Å². The fourth-order valence-corrected chi connectivity index (χ4v) is 2.59. The molecule has 2 unspecified atom stereocenters. The van der Waals surface area contributed by atoms with Gasteiger partial charge in [-0.05, 0) is 50.0 Å². The lowest BCUT2D eigenvalue weighted by Gasteiger charge is -2.20. The molecule has 0 aromatic heterocycles. The lowest BCUT2D eigenvalue weighted by atomic mass is 9.89. The Bertz CT molecular complexity index is 365. The van der Waals surface area contributed by atoms with Crippen LogP contribution in [-0.2, 0) is 0 Å². The van der Waals surface area contributed by atoms with E-state index in [4.69, 9.17) is 5.73 Å². The number of rotatable bonds is 3. The molecule has 3 heteroatoms. The highest BCUT2D eigenvalue weighted by molar-refractivity contribution is 5.39. The first kappa shape index (κ1) is 11.4. The molecular formula is C13H20N2O. The van der Waals surface area contributed by atoms with Gasteiger partial charge in [0.2, 0.25) is 0 Å². The molecule has 1 heterocycles. The van der Waals surface area contributed by atoms with Crippen LogP contribution >= 0.6 is 0 Å². The van der Waals surface area contributed by atoms with E-state index in [2.05, 4.69) is 11.4 Å². The van der Waals surface area contributed by atoms with Gasteiger partial charge in [0.15, 0.2) is 0 Å². The van der Waals surface area contributed by atoms with E-state index in [-0.39, 0.29) is 0 Å². The number of phenols is 1.